The molecule has 3 aromatic rings. The van der Waals surface area contributed by atoms with Crippen molar-refractivity contribution in [2.45, 2.75) is 26.6 Å². The molecule has 0 amide bonds. The van der Waals surface area contributed by atoms with E-state index in [2.05, 4.69) is 27.4 Å². The van der Waals surface area contributed by atoms with E-state index in [-0.39, 0.29) is 0 Å². The first-order valence-electron chi connectivity index (χ1n) is 9.04. The second-order valence-electron chi connectivity index (χ2n) is 6.08. The summed E-state index contributed by atoms with van der Waals surface area (Å²) in [6, 6.07) is 11.2. The molecule has 0 fully saturated rings. The van der Waals surface area contributed by atoms with Gasteiger partial charge in [-0.05, 0) is 52.7 Å². The fourth-order valence-corrected chi connectivity index (χ4v) is 3.03. The summed E-state index contributed by atoms with van der Waals surface area (Å²) >= 11 is 12.4. The van der Waals surface area contributed by atoms with Gasteiger partial charge in [-0.1, -0.05) is 46.5 Å². The Bertz CT molecular complexity index is 960. The Morgan fingerprint density at radius 1 is 1.14 bits per heavy atom. The Hall–Kier alpha value is -2.77. The number of aromatic nitrogens is 4. The van der Waals surface area contributed by atoms with Gasteiger partial charge in [0, 0.05) is 11.6 Å². The molecule has 3 rings (SSSR count). The fourth-order valence-electron chi connectivity index (χ4n) is 2.62. The lowest BCUT2D eigenvalue weighted by atomic mass is 10.2. The second-order valence-corrected chi connectivity index (χ2v) is 6.92. The molecule has 0 atom stereocenters. The van der Waals surface area contributed by atoms with Gasteiger partial charge in [-0.25, -0.2) is 4.68 Å². The van der Waals surface area contributed by atoms with Gasteiger partial charge in [0.25, 0.3) is 0 Å². The number of nitrogens with zero attached hydrogens (tertiary/aromatic N) is 4. The number of benzene rings is 2. The van der Waals surface area contributed by atoms with E-state index in [1.807, 2.05) is 43.3 Å². The molecular formula is C20H21Cl2N5O2. The second kappa shape index (κ2) is 10.1. The van der Waals surface area contributed by atoms with Crippen molar-refractivity contribution in [2.75, 3.05) is 11.9 Å². The van der Waals surface area contributed by atoms with E-state index in [0.29, 0.717) is 53.8 Å². The summed E-state index contributed by atoms with van der Waals surface area (Å²) < 4.78 is 13.3. The number of rotatable bonds is 10. The van der Waals surface area contributed by atoms with Crippen LogP contribution in [0.25, 0.3) is 0 Å². The minimum atomic E-state index is 0.352. The Morgan fingerprint density at radius 2 is 1.93 bits per heavy atom. The van der Waals surface area contributed by atoms with Crippen LogP contribution in [0.2, 0.25) is 10.0 Å². The highest BCUT2D eigenvalue weighted by molar-refractivity contribution is 6.32. The smallest absolute Gasteiger partial charge is 0.243 e. The number of hydrogen-bond donors (Lipinski definition) is 1. The van der Waals surface area contributed by atoms with Gasteiger partial charge in [0.05, 0.1) is 18.2 Å². The maximum Gasteiger partial charge on any atom is 0.243 e. The van der Waals surface area contributed by atoms with Crippen LogP contribution in [0.4, 0.5) is 5.95 Å². The van der Waals surface area contributed by atoms with Gasteiger partial charge in [0.2, 0.25) is 5.95 Å². The minimum absolute atomic E-state index is 0.352. The number of halogens is 2. The predicted molar refractivity (Wildman–Crippen MR) is 114 cm³/mol. The van der Waals surface area contributed by atoms with Crippen molar-refractivity contribution in [1.82, 2.24) is 20.2 Å². The van der Waals surface area contributed by atoms with Crippen LogP contribution in [-0.4, -0.2) is 26.8 Å². The zero-order valence-electron chi connectivity index (χ0n) is 15.9. The molecule has 0 aliphatic carbocycles. The molecule has 0 saturated heterocycles. The van der Waals surface area contributed by atoms with Crippen molar-refractivity contribution in [3.63, 3.8) is 0 Å². The standard InChI is InChI=1S/C20H21Cl2N5O2/c1-3-9-27-20(24-25-26-27)23-12-15-10-17(22)19(18(11-15)28-4-2)29-13-14-5-7-16(21)8-6-14/h3,5-8,10-11H,1,4,9,12-13H2,2H3,(H,23,24,26). The molecule has 1 heterocycles. The van der Waals surface area contributed by atoms with Gasteiger partial charge in [-0.3, -0.25) is 0 Å². The van der Waals surface area contributed by atoms with Gasteiger partial charge in [0.1, 0.15) is 6.61 Å². The van der Waals surface area contributed by atoms with Crippen molar-refractivity contribution < 1.29 is 9.47 Å². The number of hydrogen-bond acceptors (Lipinski definition) is 6. The van der Waals surface area contributed by atoms with E-state index in [1.54, 1.807) is 10.8 Å². The highest BCUT2D eigenvalue weighted by Crippen LogP contribution is 2.37. The Kier molecular flexibility index (Phi) is 7.32. The van der Waals surface area contributed by atoms with E-state index in [4.69, 9.17) is 32.7 Å². The third-order valence-electron chi connectivity index (χ3n) is 3.95. The van der Waals surface area contributed by atoms with Crippen molar-refractivity contribution in [3.8, 4) is 11.5 Å². The topological polar surface area (TPSA) is 74.1 Å². The van der Waals surface area contributed by atoms with Crippen LogP contribution in [0, 0.1) is 0 Å². The first kappa shape index (κ1) is 21.0. The van der Waals surface area contributed by atoms with Crippen molar-refractivity contribution in [3.05, 3.63) is 70.2 Å². The molecule has 0 radical (unpaired) electrons. The third kappa shape index (κ3) is 5.62. The molecule has 2 aromatic carbocycles. The van der Waals surface area contributed by atoms with Crippen LogP contribution in [0.3, 0.4) is 0 Å². The third-order valence-corrected chi connectivity index (χ3v) is 4.48. The zero-order chi connectivity index (χ0) is 20.6. The van der Waals surface area contributed by atoms with Gasteiger partial charge < -0.3 is 14.8 Å². The lowest BCUT2D eigenvalue weighted by Gasteiger charge is -2.16. The molecule has 0 bridgehead atoms. The predicted octanol–water partition coefficient (Wildman–Crippen LogP) is 4.76. The Morgan fingerprint density at radius 3 is 2.66 bits per heavy atom. The van der Waals surface area contributed by atoms with Crippen LogP contribution >= 0.6 is 23.2 Å². The summed E-state index contributed by atoms with van der Waals surface area (Å²) in [5.74, 6) is 1.63. The molecular weight excluding hydrogens is 413 g/mol. The molecule has 152 valence electrons. The molecule has 29 heavy (non-hydrogen) atoms. The molecule has 0 aliphatic heterocycles. The van der Waals surface area contributed by atoms with Crippen LogP contribution in [-0.2, 0) is 19.7 Å². The number of anilines is 1. The monoisotopic (exact) mass is 433 g/mol. The molecule has 1 N–H and O–H groups in total. The summed E-state index contributed by atoms with van der Waals surface area (Å²) in [6.07, 6.45) is 1.72. The highest BCUT2D eigenvalue weighted by Gasteiger charge is 2.14. The maximum atomic E-state index is 6.49. The summed E-state index contributed by atoms with van der Waals surface area (Å²) in [4.78, 5) is 0. The molecule has 9 heteroatoms. The number of allylic oxidation sites excluding steroid dienone is 1. The average molecular weight is 434 g/mol. The highest BCUT2D eigenvalue weighted by atomic mass is 35.5. The van der Waals surface area contributed by atoms with Crippen LogP contribution in [0.5, 0.6) is 11.5 Å². The molecule has 0 unspecified atom stereocenters. The van der Waals surface area contributed by atoms with E-state index in [9.17, 15) is 0 Å². The maximum absolute atomic E-state index is 6.49. The molecule has 0 aliphatic rings. The first-order valence-corrected chi connectivity index (χ1v) is 9.79. The molecule has 0 spiro atoms. The lowest BCUT2D eigenvalue weighted by molar-refractivity contribution is 0.269. The van der Waals surface area contributed by atoms with E-state index in [0.717, 1.165) is 11.1 Å². The largest absolute Gasteiger partial charge is 0.490 e. The normalized spacial score (nSPS) is 10.6. The number of nitrogens with one attached hydrogen (secondary N) is 1. The quantitative estimate of drug-likeness (QED) is 0.464. The Labute approximate surface area is 179 Å². The van der Waals surface area contributed by atoms with E-state index < -0.39 is 0 Å². The molecule has 7 nitrogen and oxygen atoms in total. The van der Waals surface area contributed by atoms with E-state index >= 15 is 0 Å². The van der Waals surface area contributed by atoms with Crippen LogP contribution in [0.1, 0.15) is 18.1 Å². The molecule has 1 aromatic heterocycles. The summed E-state index contributed by atoms with van der Waals surface area (Å²) in [5, 5.41) is 15.9. The summed E-state index contributed by atoms with van der Waals surface area (Å²) in [7, 11) is 0. The van der Waals surface area contributed by atoms with Gasteiger partial charge >= 0.3 is 0 Å². The van der Waals surface area contributed by atoms with Crippen molar-refractivity contribution in [1.29, 1.82) is 0 Å². The SMILES string of the molecule is C=CCn1nnnc1NCc1cc(Cl)c(OCc2ccc(Cl)cc2)c(OCC)c1. The zero-order valence-corrected chi connectivity index (χ0v) is 17.5. The summed E-state index contributed by atoms with van der Waals surface area (Å²) in [5.41, 5.74) is 1.89. The van der Waals surface area contributed by atoms with Gasteiger partial charge in [-0.2, -0.15) is 0 Å². The first-order chi connectivity index (χ1) is 14.1. The average Bonchev–Trinajstić information content (AvgIpc) is 3.15. The van der Waals surface area contributed by atoms with E-state index in [1.165, 1.54) is 0 Å². The summed E-state index contributed by atoms with van der Waals surface area (Å²) in [6.45, 7) is 7.42. The molecule has 0 saturated carbocycles. The van der Waals surface area contributed by atoms with Gasteiger partial charge in [0.15, 0.2) is 11.5 Å². The Balaban J connectivity index is 1.73. The van der Waals surface area contributed by atoms with Crippen molar-refractivity contribution in [2.24, 2.45) is 0 Å². The fraction of sp³-hybridized carbons (Fsp3) is 0.250. The van der Waals surface area contributed by atoms with Crippen molar-refractivity contribution >= 4 is 29.2 Å². The minimum Gasteiger partial charge on any atom is -0.490 e. The lowest BCUT2D eigenvalue weighted by Crippen LogP contribution is -2.09. The van der Waals surface area contributed by atoms with Crippen LogP contribution in [0.15, 0.2) is 49.1 Å². The van der Waals surface area contributed by atoms with Crippen LogP contribution < -0.4 is 14.8 Å². The number of ether oxygens (including phenoxy) is 2. The number of tetrazole rings is 1. The van der Waals surface area contributed by atoms with Gasteiger partial charge in [-0.15, -0.1) is 6.58 Å².